The van der Waals surface area contributed by atoms with Crippen molar-refractivity contribution in [1.29, 1.82) is 0 Å². The van der Waals surface area contributed by atoms with E-state index >= 15 is 0 Å². The highest BCUT2D eigenvalue weighted by atomic mass is 32.2. The molecule has 0 saturated heterocycles. The summed E-state index contributed by atoms with van der Waals surface area (Å²) < 4.78 is 28.1. The molecule has 0 radical (unpaired) electrons. The van der Waals surface area contributed by atoms with E-state index in [1.54, 1.807) is 30.7 Å². The maximum atomic E-state index is 12.0. The Balaban J connectivity index is 2.14. The number of phenols is 1. The van der Waals surface area contributed by atoms with Crippen LogP contribution in [0, 0.1) is 6.92 Å². The Bertz CT molecular complexity index is 672. The van der Waals surface area contributed by atoms with E-state index in [2.05, 4.69) is 9.71 Å². The SMILES string of the molecule is Cc1nc(S(=O)(=O)NCc2cccc(O)c2)cn1C. The molecule has 0 aliphatic carbocycles. The number of hydrogen-bond donors (Lipinski definition) is 2. The zero-order valence-electron chi connectivity index (χ0n) is 10.7. The smallest absolute Gasteiger partial charge is 0.259 e. The molecule has 2 rings (SSSR count). The molecule has 2 N–H and O–H groups in total. The van der Waals surface area contributed by atoms with Crippen molar-refractivity contribution in [3.63, 3.8) is 0 Å². The number of aryl methyl sites for hydroxylation is 2. The van der Waals surface area contributed by atoms with Crippen molar-refractivity contribution in [2.45, 2.75) is 18.5 Å². The first-order chi connectivity index (χ1) is 8.88. The van der Waals surface area contributed by atoms with Gasteiger partial charge in [-0.2, -0.15) is 0 Å². The Labute approximate surface area is 111 Å². The fraction of sp³-hybridized carbons (Fsp3) is 0.250. The average Bonchev–Trinajstić information content (AvgIpc) is 2.68. The van der Waals surface area contributed by atoms with Gasteiger partial charge in [-0.1, -0.05) is 12.1 Å². The third kappa shape index (κ3) is 3.12. The lowest BCUT2D eigenvalue weighted by Gasteiger charge is -2.04. The highest BCUT2D eigenvalue weighted by molar-refractivity contribution is 7.89. The first kappa shape index (κ1) is 13.6. The van der Waals surface area contributed by atoms with Gasteiger partial charge in [0, 0.05) is 19.8 Å². The third-order valence-electron chi connectivity index (χ3n) is 2.74. The summed E-state index contributed by atoms with van der Waals surface area (Å²) in [6, 6.07) is 6.42. The van der Waals surface area contributed by atoms with Crippen molar-refractivity contribution in [2.24, 2.45) is 7.05 Å². The lowest BCUT2D eigenvalue weighted by molar-refractivity contribution is 0.474. The Kier molecular flexibility index (Phi) is 3.59. The number of hydrogen-bond acceptors (Lipinski definition) is 4. The van der Waals surface area contributed by atoms with Gasteiger partial charge in [-0.05, 0) is 24.6 Å². The van der Waals surface area contributed by atoms with Crippen LogP contribution in [0.25, 0.3) is 0 Å². The molecular weight excluding hydrogens is 266 g/mol. The summed E-state index contributed by atoms with van der Waals surface area (Å²) in [5, 5.41) is 9.30. The molecule has 0 saturated carbocycles. The fourth-order valence-corrected chi connectivity index (χ4v) is 2.63. The minimum absolute atomic E-state index is 0.00680. The van der Waals surface area contributed by atoms with Gasteiger partial charge in [-0.3, -0.25) is 0 Å². The third-order valence-corrected chi connectivity index (χ3v) is 4.01. The molecule has 0 amide bonds. The van der Waals surface area contributed by atoms with E-state index in [0.717, 1.165) is 0 Å². The number of aromatic nitrogens is 2. The Morgan fingerprint density at radius 3 is 2.74 bits per heavy atom. The van der Waals surface area contributed by atoms with Crippen LogP contribution in [0.2, 0.25) is 0 Å². The topological polar surface area (TPSA) is 84.2 Å². The van der Waals surface area contributed by atoms with E-state index in [4.69, 9.17) is 0 Å². The molecule has 0 bridgehead atoms. The Hall–Kier alpha value is -1.86. The summed E-state index contributed by atoms with van der Waals surface area (Å²) in [4.78, 5) is 3.97. The van der Waals surface area contributed by atoms with Gasteiger partial charge >= 0.3 is 0 Å². The Morgan fingerprint density at radius 2 is 2.16 bits per heavy atom. The molecule has 1 aromatic carbocycles. The first-order valence-electron chi connectivity index (χ1n) is 5.66. The number of nitrogens with zero attached hydrogens (tertiary/aromatic N) is 2. The van der Waals surface area contributed by atoms with Gasteiger partial charge in [0.05, 0.1) is 0 Å². The summed E-state index contributed by atoms with van der Waals surface area (Å²) >= 11 is 0. The normalized spacial score (nSPS) is 11.7. The molecule has 0 atom stereocenters. The molecule has 7 heteroatoms. The summed E-state index contributed by atoms with van der Waals surface area (Å²) in [5.74, 6) is 0.725. The van der Waals surface area contributed by atoms with Crippen LogP contribution >= 0.6 is 0 Å². The summed E-state index contributed by atoms with van der Waals surface area (Å²) in [6.45, 7) is 1.83. The highest BCUT2D eigenvalue weighted by Gasteiger charge is 2.17. The number of aromatic hydroxyl groups is 1. The predicted octanol–water partition coefficient (Wildman–Crippen LogP) is 0.913. The van der Waals surface area contributed by atoms with Gasteiger partial charge < -0.3 is 9.67 Å². The maximum Gasteiger partial charge on any atom is 0.259 e. The highest BCUT2D eigenvalue weighted by Crippen LogP contribution is 2.12. The molecule has 102 valence electrons. The summed E-state index contributed by atoms with van der Waals surface area (Å²) in [7, 11) is -1.90. The maximum absolute atomic E-state index is 12.0. The van der Waals surface area contributed by atoms with Crippen LogP contribution in [0.1, 0.15) is 11.4 Å². The van der Waals surface area contributed by atoms with Crippen LogP contribution in [-0.4, -0.2) is 23.1 Å². The largest absolute Gasteiger partial charge is 0.508 e. The van der Waals surface area contributed by atoms with Crippen molar-refractivity contribution in [3.8, 4) is 5.75 Å². The van der Waals surface area contributed by atoms with Gasteiger partial charge in [0.15, 0.2) is 5.03 Å². The molecule has 19 heavy (non-hydrogen) atoms. The molecule has 0 fully saturated rings. The van der Waals surface area contributed by atoms with Crippen LogP contribution < -0.4 is 4.72 Å². The predicted molar refractivity (Wildman–Crippen MR) is 70.1 cm³/mol. The lowest BCUT2D eigenvalue weighted by atomic mass is 10.2. The van der Waals surface area contributed by atoms with Crippen LogP contribution in [0.3, 0.4) is 0 Å². The minimum Gasteiger partial charge on any atom is -0.508 e. The molecule has 0 spiro atoms. The van der Waals surface area contributed by atoms with Gasteiger partial charge in [-0.25, -0.2) is 18.1 Å². The number of benzene rings is 1. The summed E-state index contributed by atoms with van der Waals surface area (Å²) in [5.41, 5.74) is 0.677. The van der Waals surface area contributed by atoms with Crippen LogP contribution in [0.4, 0.5) is 0 Å². The number of sulfonamides is 1. The van der Waals surface area contributed by atoms with Gasteiger partial charge in [0.1, 0.15) is 11.6 Å². The molecule has 0 aliphatic rings. The van der Waals surface area contributed by atoms with Crippen molar-refractivity contribution in [1.82, 2.24) is 14.3 Å². The molecule has 0 aliphatic heterocycles. The van der Waals surface area contributed by atoms with Crippen molar-refractivity contribution < 1.29 is 13.5 Å². The van der Waals surface area contributed by atoms with E-state index in [1.165, 1.54) is 18.3 Å². The van der Waals surface area contributed by atoms with Gasteiger partial charge in [0.2, 0.25) is 0 Å². The molecular formula is C12H15N3O3S. The van der Waals surface area contributed by atoms with Crippen LogP contribution in [0.5, 0.6) is 5.75 Å². The van der Waals surface area contributed by atoms with E-state index in [-0.39, 0.29) is 17.3 Å². The van der Waals surface area contributed by atoms with Crippen molar-refractivity contribution >= 4 is 10.0 Å². The number of imidazole rings is 1. The fourth-order valence-electron chi connectivity index (χ4n) is 1.57. The second-order valence-electron chi connectivity index (χ2n) is 4.23. The van der Waals surface area contributed by atoms with Crippen LogP contribution in [-0.2, 0) is 23.6 Å². The second-order valence-corrected chi connectivity index (χ2v) is 5.95. The van der Waals surface area contributed by atoms with Crippen molar-refractivity contribution in [2.75, 3.05) is 0 Å². The lowest BCUT2D eigenvalue weighted by Crippen LogP contribution is -2.23. The first-order valence-corrected chi connectivity index (χ1v) is 7.14. The molecule has 6 nitrogen and oxygen atoms in total. The molecule has 0 unspecified atom stereocenters. The number of nitrogens with one attached hydrogen (secondary N) is 1. The van der Waals surface area contributed by atoms with Gasteiger partial charge in [-0.15, -0.1) is 0 Å². The minimum atomic E-state index is -3.64. The zero-order chi connectivity index (χ0) is 14.0. The van der Waals surface area contributed by atoms with Crippen LogP contribution in [0.15, 0.2) is 35.5 Å². The average molecular weight is 281 g/mol. The molecule has 1 heterocycles. The van der Waals surface area contributed by atoms with E-state index in [1.807, 2.05) is 0 Å². The van der Waals surface area contributed by atoms with E-state index in [9.17, 15) is 13.5 Å². The van der Waals surface area contributed by atoms with Gasteiger partial charge in [0.25, 0.3) is 10.0 Å². The standard InChI is InChI=1S/C12H15N3O3S/c1-9-14-12(8-15(9)2)19(17,18)13-7-10-4-3-5-11(16)6-10/h3-6,8,13,16H,7H2,1-2H3. The van der Waals surface area contributed by atoms with Crippen molar-refractivity contribution in [3.05, 3.63) is 41.9 Å². The molecule has 2 aromatic rings. The quantitative estimate of drug-likeness (QED) is 0.872. The van der Waals surface area contributed by atoms with E-state index < -0.39 is 10.0 Å². The summed E-state index contributed by atoms with van der Waals surface area (Å²) in [6.07, 6.45) is 1.46. The zero-order valence-corrected chi connectivity index (χ0v) is 11.5. The second kappa shape index (κ2) is 5.02. The Morgan fingerprint density at radius 1 is 1.42 bits per heavy atom. The number of phenolic OH excluding ortho intramolecular Hbond substituents is 1. The number of rotatable bonds is 4. The van der Waals surface area contributed by atoms with E-state index in [0.29, 0.717) is 11.4 Å². The monoisotopic (exact) mass is 281 g/mol. The molecule has 1 aromatic heterocycles.